The minimum absolute atomic E-state index is 0. The van der Waals surface area contributed by atoms with Crippen LogP contribution >= 0.6 is 0 Å². The van der Waals surface area contributed by atoms with E-state index in [2.05, 4.69) is 0 Å². The number of aliphatic hydroxyl groups is 2. The molecule has 0 bridgehead atoms. The number of hydrogen-bond acceptors (Lipinski definition) is 14. The van der Waals surface area contributed by atoms with E-state index in [-0.39, 0.29) is 126 Å². The molecule has 0 saturated carbocycles. The summed E-state index contributed by atoms with van der Waals surface area (Å²) in [6.07, 6.45) is 4.52. The fourth-order valence-electron chi connectivity index (χ4n) is 5.96. The van der Waals surface area contributed by atoms with E-state index in [0.29, 0.717) is 44.5 Å². The molecule has 0 saturated heterocycles. The topological polar surface area (TPSA) is 281 Å². The van der Waals surface area contributed by atoms with Crippen LogP contribution < -0.4 is 30.6 Å². The second kappa shape index (κ2) is 46.8. The number of allylic oxidation sites excluding steroid dienone is 4. The van der Waals surface area contributed by atoms with Gasteiger partial charge in [-0.15, -0.1) is 0 Å². The van der Waals surface area contributed by atoms with Gasteiger partial charge in [0.15, 0.2) is 23.1 Å². The largest absolute Gasteiger partial charge is 3.00 e. The normalized spacial score (nSPS) is 10.0. The van der Waals surface area contributed by atoms with Gasteiger partial charge in [-0.2, -0.15) is 0 Å². The van der Waals surface area contributed by atoms with Crippen molar-refractivity contribution in [2.24, 2.45) is 0 Å². The third kappa shape index (κ3) is 33.6. The number of carbonyl (C=O) groups excluding carboxylic acids is 6. The predicted octanol–water partition coefficient (Wildman–Crippen LogP) is 5.81. The number of rotatable bonds is 12. The minimum atomic E-state index is -1.08. The molecule has 8 rings (SSSR count). The monoisotopic (exact) mass is 1390 g/mol. The Balaban J connectivity index is 0. The van der Waals surface area contributed by atoms with Crippen LogP contribution in [0.4, 0.5) is 0 Å². The average molecular weight is 1390 g/mol. The fraction of sp³-hybridized carbons (Fsp3) is 0.0606. The summed E-state index contributed by atoms with van der Waals surface area (Å²) in [5.41, 5.74) is 4.20. The van der Waals surface area contributed by atoms with Crippen LogP contribution in [0.3, 0.4) is 0 Å². The van der Waals surface area contributed by atoms with E-state index < -0.39 is 11.9 Å². The molecule has 82 heavy (non-hydrogen) atoms. The Morgan fingerprint density at radius 2 is 0.341 bits per heavy atom. The van der Waals surface area contributed by atoms with Crippen LogP contribution in [0.5, 0.6) is 0 Å². The molecule has 422 valence electrons. The first-order valence-corrected chi connectivity index (χ1v) is 23.9. The third-order valence-electron chi connectivity index (χ3n) is 9.52. The van der Waals surface area contributed by atoms with Crippen LogP contribution in [0.1, 0.15) is 77.5 Å². The number of carbonyl (C=O) groups is 6. The maximum Gasteiger partial charge on any atom is 3.00 e. The van der Waals surface area contributed by atoms with Crippen molar-refractivity contribution in [2.75, 3.05) is 14.2 Å². The van der Waals surface area contributed by atoms with E-state index in [1.54, 1.807) is 194 Å². The zero-order valence-electron chi connectivity index (χ0n) is 44.9. The molecular weight excluding hydrogens is 1330 g/mol. The summed E-state index contributed by atoms with van der Waals surface area (Å²) in [7, 11) is 2.00. The molecular formula is C66H58Gd2O14. The Morgan fingerprint density at radius 1 is 0.244 bits per heavy atom. The van der Waals surface area contributed by atoms with Gasteiger partial charge in [0.2, 0.25) is 0 Å². The molecule has 0 aliphatic heterocycles. The van der Waals surface area contributed by atoms with Crippen molar-refractivity contribution in [1.29, 1.82) is 0 Å². The summed E-state index contributed by atoms with van der Waals surface area (Å²) in [5, 5.41) is 78.8. The van der Waals surface area contributed by atoms with E-state index in [1.165, 1.54) is 0 Å². The fourth-order valence-corrected chi connectivity index (χ4v) is 5.96. The van der Waals surface area contributed by atoms with Crippen LogP contribution in [0.2, 0.25) is 0 Å². The smallest absolute Gasteiger partial charge is 0.872 e. The summed E-state index contributed by atoms with van der Waals surface area (Å²) in [5.74, 6) is -4.28. The number of benzene rings is 8. The van der Waals surface area contributed by atoms with E-state index >= 15 is 0 Å². The molecule has 0 amide bonds. The Kier molecular flexibility index (Phi) is 43.5. The summed E-state index contributed by atoms with van der Waals surface area (Å²) in [4.78, 5) is 64.8. The molecule has 0 spiro atoms. The molecule has 0 atom stereocenters. The van der Waals surface area contributed by atoms with E-state index in [4.69, 9.17) is 30.0 Å². The van der Waals surface area contributed by atoms with Gasteiger partial charge in [-0.3, -0.25) is 19.2 Å². The van der Waals surface area contributed by atoms with Gasteiger partial charge in [0.1, 0.15) is 0 Å². The number of carboxylic acids is 2. The second-order valence-corrected chi connectivity index (χ2v) is 15.4. The molecule has 0 aliphatic carbocycles. The molecule has 16 heteroatoms. The van der Waals surface area contributed by atoms with E-state index in [9.17, 15) is 39.6 Å². The third-order valence-corrected chi connectivity index (χ3v) is 9.52. The van der Waals surface area contributed by atoms with Crippen molar-refractivity contribution in [3.05, 3.63) is 311 Å². The molecule has 0 unspecified atom stereocenters. The number of aliphatic hydroxyl groups excluding tert-OH is 2. The summed E-state index contributed by atoms with van der Waals surface area (Å²) in [6, 6.07) is 70.0. The van der Waals surface area contributed by atoms with Crippen LogP contribution in [0, 0.1) is 79.9 Å². The van der Waals surface area contributed by atoms with Crippen LogP contribution in [0.15, 0.2) is 267 Å². The first-order chi connectivity index (χ1) is 38.5. The SMILES string of the molecule is CC(=O)[O-].CC(=O)[O-].CO.CO.O=C(/C=C(\[O-])c1ccccc1)c1ccccc1.O=C(/C=C(\[O-])c1ccccc1)c1ccccc1.O=C(/C=C(\[O-])c1ccccc1)c1ccccc1.O=C(/C=C(\[O-])c1ccccc1)c1ccccc1.[Gd+3].[Gd+3]. The first-order valence-electron chi connectivity index (χ1n) is 23.9. The van der Waals surface area contributed by atoms with Gasteiger partial charge in [0, 0.05) is 48.4 Å². The Bertz CT molecular complexity index is 2750. The van der Waals surface area contributed by atoms with Crippen molar-refractivity contribution < 1.29 is 150 Å². The number of carboxylic acid groups (broad SMARTS) is 2. The molecule has 0 aromatic heterocycles. The van der Waals surface area contributed by atoms with Crippen LogP contribution in [-0.2, 0) is 9.59 Å². The number of aliphatic carboxylic acids is 2. The molecule has 14 nitrogen and oxygen atoms in total. The minimum Gasteiger partial charge on any atom is -0.872 e. The standard InChI is InChI=1S/4C15H12O2.2C2H4O2.2CH4O.2Gd/c4*16-14(12-7-3-1-4-8-12)11-15(17)13-9-5-2-6-10-13;2*1-2(3)4;2*1-2;;/h4*1-11,16H;2*1H3,(H,3,4);2*2H,1H3;;/q;;;;;;;;2*+3/p-6/b4*14-11-;;;;;;. The Morgan fingerprint density at radius 3 is 0.451 bits per heavy atom. The van der Waals surface area contributed by atoms with E-state index in [1.807, 2.05) is 48.5 Å². The zero-order valence-corrected chi connectivity index (χ0v) is 49.4. The van der Waals surface area contributed by atoms with Crippen molar-refractivity contribution in [3.63, 3.8) is 0 Å². The van der Waals surface area contributed by atoms with Gasteiger partial charge in [-0.25, -0.2) is 0 Å². The maximum absolute atomic E-state index is 11.8. The van der Waals surface area contributed by atoms with Gasteiger partial charge in [0.25, 0.3) is 0 Å². The maximum atomic E-state index is 11.8. The average Bonchev–Trinajstić information content (AvgIpc) is 3.50. The van der Waals surface area contributed by atoms with Crippen molar-refractivity contribution in [1.82, 2.24) is 0 Å². The molecule has 2 radical (unpaired) electrons. The molecule has 8 aromatic rings. The number of ketones is 4. The molecule has 0 aliphatic rings. The van der Waals surface area contributed by atoms with Crippen molar-refractivity contribution >= 4 is 58.1 Å². The summed E-state index contributed by atoms with van der Waals surface area (Å²) in [6.45, 7) is 1.94. The van der Waals surface area contributed by atoms with Gasteiger partial charge in [-0.1, -0.05) is 266 Å². The quantitative estimate of drug-likeness (QED) is 0.0830. The Labute approximate surface area is 541 Å². The zero-order chi connectivity index (χ0) is 59.5. The molecule has 8 aromatic carbocycles. The van der Waals surface area contributed by atoms with Gasteiger partial charge in [0.05, 0.1) is 0 Å². The molecule has 0 heterocycles. The van der Waals surface area contributed by atoms with E-state index in [0.717, 1.165) is 52.4 Å². The van der Waals surface area contributed by atoms with Gasteiger partial charge >= 0.3 is 79.9 Å². The van der Waals surface area contributed by atoms with Crippen molar-refractivity contribution in [3.8, 4) is 0 Å². The molecule has 0 fully saturated rings. The summed E-state index contributed by atoms with van der Waals surface area (Å²) < 4.78 is 0. The first kappa shape index (κ1) is 76.2. The molecule has 2 N–H and O–H groups in total. The summed E-state index contributed by atoms with van der Waals surface area (Å²) >= 11 is 0. The predicted molar refractivity (Wildman–Crippen MR) is 298 cm³/mol. The van der Waals surface area contributed by atoms with Crippen molar-refractivity contribution in [2.45, 2.75) is 13.8 Å². The van der Waals surface area contributed by atoms with Crippen LogP contribution in [-0.4, -0.2) is 59.5 Å². The van der Waals surface area contributed by atoms with Crippen LogP contribution in [0.25, 0.3) is 23.0 Å². The Hall–Kier alpha value is -7.89. The second-order valence-electron chi connectivity index (χ2n) is 15.4. The number of hydrogen-bond donors (Lipinski definition) is 2. The van der Waals surface area contributed by atoms with Gasteiger partial charge < -0.3 is 50.4 Å². The van der Waals surface area contributed by atoms with Gasteiger partial charge in [-0.05, 0) is 60.4 Å².